The maximum Gasteiger partial charge on any atom is 0.311 e. The Kier molecular flexibility index (Phi) is 5.76. The Morgan fingerprint density at radius 2 is 2.07 bits per heavy atom. The van der Waals surface area contributed by atoms with E-state index >= 15 is 0 Å². The summed E-state index contributed by atoms with van der Waals surface area (Å²) in [5.74, 6) is -0.207. The first kappa shape index (κ1) is 19.5. The molecule has 9 nitrogen and oxygen atoms in total. The van der Waals surface area contributed by atoms with Gasteiger partial charge < -0.3 is 14.1 Å². The Labute approximate surface area is 167 Å². The molecule has 4 heterocycles. The molecule has 4 rings (SSSR count). The summed E-state index contributed by atoms with van der Waals surface area (Å²) in [6, 6.07) is 1.48. The van der Waals surface area contributed by atoms with E-state index in [0.717, 1.165) is 43.4 Å². The lowest BCUT2D eigenvalue weighted by molar-refractivity contribution is 0.0684. The predicted molar refractivity (Wildman–Crippen MR) is 102 cm³/mol. The average Bonchev–Trinajstić information content (AvgIpc) is 3.48. The number of sulfonamides is 1. The largest absolute Gasteiger partial charge is 0.412 e. The first-order chi connectivity index (χ1) is 13.5. The molecule has 11 heteroatoms. The first-order valence-electron chi connectivity index (χ1n) is 9.36. The number of amides is 1. The number of ether oxygens (including phenoxy) is 1. The number of aromatic nitrogens is 2. The normalized spacial score (nSPS) is 20.6. The van der Waals surface area contributed by atoms with Crippen molar-refractivity contribution in [1.82, 2.24) is 19.8 Å². The number of piperidine rings is 1. The summed E-state index contributed by atoms with van der Waals surface area (Å²) < 4.78 is 38.6. The monoisotopic (exact) mass is 426 g/mol. The van der Waals surface area contributed by atoms with Gasteiger partial charge in [-0.3, -0.25) is 4.79 Å². The molecule has 0 unspecified atom stereocenters. The van der Waals surface area contributed by atoms with E-state index in [4.69, 9.17) is 9.15 Å². The summed E-state index contributed by atoms with van der Waals surface area (Å²) >= 11 is 1.07. The van der Waals surface area contributed by atoms with Crippen molar-refractivity contribution in [3.63, 3.8) is 0 Å². The van der Waals surface area contributed by atoms with Crippen LogP contribution in [0.5, 0.6) is 0 Å². The van der Waals surface area contributed by atoms with E-state index in [1.165, 1.54) is 6.07 Å². The molecule has 0 saturated carbocycles. The van der Waals surface area contributed by atoms with Crippen molar-refractivity contribution in [3.8, 4) is 11.5 Å². The van der Waals surface area contributed by atoms with Gasteiger partial charge in [-0.1, -0.05) is 0 Å². The predicted octanol–water partition coefficient (Wildman–Crippen LogP) is 1.88. The van der Waals surface area contributed by atoms with E-state index in [-0.39, 0.29) is 34.5 Å². The van der Waals surface area contributed by atoms with Crippen LogP contribution in [0.15, 0.2) is 20.1 Å². The van der Waals surface area contributed by atoms with Gasteiger partial charge in [0.2, 0.25) is 15.9 Å². The Morgan fingerprint density at radius 3 is 2.82 bits per heavy atom. The minimum Gasteiger partial charge on any atom is -0.412 e. The zero-order chi connectivity index (χ0) is 19.6. The van der Waals surface area contributed by atoms with Crippen LogP contribution in [0, 0.1) is 0 Å². The summed E-state index contributed by atoms with van der Waals surface area (Å²) in [5.41, 5.74) is 0.479. The molecule has 0 radical (unpaired) electrons. The number of carbonyl (C=O) groups excluding carboxylic acids is 1. The fraction of sp³-hybridized carbons (Fsp3) is 0.588. The van der Waals surface area contributed by atoms with Crippen molar-refractivity contribution < 1.29 is 22.4 Å². The molecular formula is C17H22N4O5S2. The summed E-state index contributed by atoms with van der Waals surface area (Å²) in [5, 5.41) is 9.39. The summed E-state index contributed by atoms with van der Waals surface area (Å²) in [6.07, 6.45) is 4.79. The number of nitrogens with one attached hydrogen (secondary N) is 1. The fourth-order valence-corrected chi connectivity index (χ4v) is 5.57. The van der Waals surface area contributed by atoms with Crippen LogP contribution in [0.1, 0.15) is 42.8 Å². The number of likely N-dealkylation sites (tertiary alicyclic amines) is 1. The second-order valence-electron chi connectivity index (χ2n) is 6.91. The van der Waals surface area contributed by atoms with Crippen molar-refractivity contribution in [2.45, 2.75) is 42.4 Å². The van der Waals surface area contributed by atoms with Crippen LogP contribution in [0.25, 0.3) is 11.5 Å². The molecule has 0 spiro atoms. The van der Waals surface area contributed by atoms with Gasteiger partial charge in [-0.2, -0.15) is 0 Å². The molecule has 0 aromatic carbocycles. The lowest BCUT2D eigenvalue weighted by Gasteiger charge is -2.24. The molecule has 2 aliphatic heterocycles. The smallest absolute Gasteiger partial charge is 0.311 e. The average molecular weight is 427 g/mol. The number of nitrogens with zero attached hydrogens (tertiary/aromatic N) is 3. The van der Waals surface area contributed by atoms with Gasteiger partial charge in [-0.05, 0) is 38.2 Å². The van der Waals surface area contributed by atoms with Gasteiger partial charge >= 0.3 is 11.8 Å². The van der Waals surface area contributed by atoms with Crippen molar-refractivity contribution in [3.05, 3.63) is 17.3 Å². The van der Waals surface area contributed by atoms with Crippen LogP contribution < -0.4 is 4.72 Å². The van der Waals surface area contributed by atoms with Crippen molar-refractivity contribution in [1.29, 1.82) is 0 Å². The lowest BCUT2D eigenvalue weighted by atomic mass is 10.1. The van der Waals surface area contributed by atoms with Crippen LogP contribution in [-0.2, 0) is 14.8 Å². The molecule has 2 aromatic rings. The van der Waals surface area contributed by atoms with Gasteiger partial charge in [0.1, 0.15) is 4.21 Å². The van der Waals surface area contributed by atoms with Crippen molar-refractivity contribution in [2.75, 3.05) is 26.2 Å². The van der Waals surface area contributed by atoms with E-state index in [1.54, 1.807) is 10.3 Å². The van der Waals surface area contributed by atoms with Crippen LogP contribution in [0.3, 0.4) is 0 Å². The molecule has 28 heavy (non-hydrogen) atoms. The fourth-order valence-electron chi connectivity index (χ4n) is 3.31. The Balaban J connectivity index is 1.43. The molecule has 2 fully saturated rings. The third kappa shape index (κ3) is 4.27. The molecule has 1 N–H and O–H groups in total. The lowest BCUT2D eigenvalue weighted by Crippen LogP contribution is -2.35. The minimum atomic E-state index is -3.64. The summed E-state index contributed by atoms with van der Waals surface area (Å²) in [4.78, 5) is 14.1. The molecule has 2 saturated heterocycles. The van der Waals surface area contributed by atoms with E-state index < -0.39 is 10.0 Å². The zero-order valence-corrected chi connectivity index (χ0v) is 16.9. The van der Waals surface area contributed by atoms with E-state index in [2.05, 4.69) is 14.9 Å². The highest BCUT2D eigenvalue weighted by atomic mass is 32.2. The SMILES string of the molecule is O=C(c1nnc(-c2csc(S(=O)(=O)NC[C@H]3CCCO3)c2)o1)N1CCCCC1. The molecule has 0 bridgehead atoms. The van der Waals surface area contributed by atoms with Crippen LogP contribution >= 0.6 is 11.3 Å². The van der Waals surface area contributed by atoms with Gasteiger partial charge in [-0.15, -0.1) is 21.5 Å². The third-order valence-corrected chi connectivity index (χ3v) is 7.73. The topological polar surface area (TPSA) is 115 Å². The maximum absolute atomic E-state index is 12.5. The highest BCUT2D eigenvalue weighted by Gasteiger charge is 2.26. The van der Waals surface area contributed by atoms with E-state index in [1.807, 2.05) is 0 Å². The van der Waals surface area contributed by atoms with E-state index in [9.17, 15) is 13.2 Å². The van der Waals surface area contributed by atoms with Gasteiger partial charge in [0.15, 0.2) is 0 Å². The van der Waals surface area contributed by atoms with Crippen LogP contribution in [-0.4, -0.2) is 61.8 Å². The first-order valence-corrected chi connectivity index (χ1v) is 11.7. The highest BCUT2D eigenvalue weighted by molar-refractivity contribution is 7.91. The second-order valence-corrected chi connectivity index (χ2v) is 9.81. The number of hydrogen-bond donors (Lipinski definition) is 1. The van der Waals surface area contributed by atoms with Crippen LogP contribution in [0.4, 0.5) is 0 Å². The minimum absolute atomic E-state index is 0.0657. The Bertz CT molecular complexity index is 927. The van der Waals surface area contributed by atoms with Gasteiger partial charge in [-0.25, -0.2) is 13.1 Å². The van der Waals surface area contributed by atoms with Crippen molar-refractivity contribution in [2.24, 2.45) is 0 Å². The third-order valence-electron chi connectivity index (χ3n) is 4.86. The molecule has 1 amide bonds. The van der Waals surface area contributed by atoms with Gasteiger partial charge in [0.05, 0.1) is 11.7 Å². The standard InChI is InChI=1S/C17H22N4O5S2/c22-17(21-6-2-1-3-7-21)16-20-19-15(26-16)12-9-14(27-11-12)28(23,24)18-10-13-5-4-8-25-13/h9,11,13,18H,1-8,10H2/t13-/m1/s1. The second kappa shape index (κ2) is 8.27. The number of thiophene rings is 1. The molecule has 2 aromatic heterocycles. The molecule has 152 valence electrons. The molecular weight excluding hydrogens is 404 g/mol. The summed E-state index contributed by atoms with van der Waals surface area (Å²) in [6.45, 7) is 2.30. The molecule has 1 atom stereocenters. The summed E-state index contributed by atoms with van der Waals surface area (Å²) in [7, 11) is -3.64. The zero-order valence-electron chi connectivity index (χ0n) is 15.3. The quantitative estimate of drug-likeness (QED) is 0.750. The molecule has 0 aliphatic carbocycles. The number of carbonyl (C=O) groups is 1. The maximum atomic E-state index is 12.5. The van der Waals surface area contributed by atoms with E-state index in [0.29, 0.717) is 25.3 Å². The Morgan fingerprint density at radius 1 is 1.25 bits per heavy atom. The van der Waals surface area contributed by atoms with Gasteiger partial charge in [0.25, 0.3) is 0 Å². The van der Waals surface area contributed by atoms with Crippen molar-refractivity contribution >= 4 is 27.3 Å². The number of rotatable bonds is 6. The Hall–Kier alpha value is -1.82. The van der Waals surface area contributed by atoms with Gasteiger partial charge in [0, 0.05) is 31.6 Å². The van der Waals surface area contributed by atoms with Crippen LogP contribution in [0.2, 0.25) is 0 Å². The molecule has 2 aliphatic rings. The highest BCUT2D eigenvalue weighted by Crippen LogP contribution is 2.28. The number of hydrogen-bond acceptors (Lipinski definition) is 8.